The van der Waals surface area contributed by atoms with Crippen LogP contribution in [-0.2, 0) is 11.3 Å². The maximum absolute atomic E-state index is 12.1. The summed E-state index contributed by atoms with van der Waals surface area (Å²) in [5.74, 6) is 0.585. The molecule has 5 nitrogen and oxygen atoms in total. The molecular weight excluding hydrogens is 270 g/mol. The molecule has 1 aliphatic rings. The number of aromatic carboxylic acids is 1. The van der Waals surface area contributed by atoms with Gasteiger partial charge < -0.3 is 14.7 Å². The first-order valence-corrected chi connectivity index (χ1v) is 7.10. The minimum Gasteiger partial charge on any atom is -0.496 e. The van der Waals surface area contributed by atoms with Crippen LogP contribution < -0.4 is 4.74 Å². The Morgan fingerprint density at radius 3 is 2.71 bits per heavy atom. The Labute approximate surface area is 124 Å². The van der Waals surface area contributed by atoms with Gasteiger partial charge in [-0.2, -0.15) is 0 Å². The standard InChI is InChI=1S/C16H21NO4/c1-10(2)12-7-15(18)17(8-12)9-13-6-11(16(19)20)4-5-14(13)21-3/h4-6,10,12H,7-9H2,1-3H3,(H,19,20). The van der Waals surface area contributed by atoms with E-state index in [0.717, 1.165) is 12.1 Å². The van der Waals surface area contributed by atoms with E-state index in [2.05, 4.69) is 13.8 Å². The molecule has 1 amide bonds. The second kappa shape index (κ2) is 6.16. The van der Waals surface area contributed by atoms with Gasteiger partial charge in [0.15, 0.2) is 0 Å². The molecule has 1 unspecified atom stereocenters. The number of benzene rings is 1. The maximum atomic E-state index is 12.1. The van der Waals surface area contributed by atoms with Crippen molar-refractivity contribution in [2.45, 2.75) is 26.8 Å². The molecule has 0 bridgehead atoms. The fraction of sp³-hybridized carbons (Fsp3) is 0.500. The number of hydrogen-bond acceptors (Lipinski definition) is 3. The van der Waals surface area contributed by atoms with E-state index in [-0.39, 0.29) is 11.5 Å². The number of amides is 1. The summed E-state index contributed by atoms with van der Waals surface area (Å²) >= 11 is 0. The van der Waals surface area contributed by atoms with Crippen LogP contribution in [0.2, 0.25) is 0 Å². The Bertz CT molecular complexity index is 553. The first-order chi connectivity index (χ1) is 9.92. The van der Waals surface area contributed by atoms with Crippen molar-refractivity contribution in [3.05, 3.63) is 29.3 Å². The molecule has 1 fully saturated rings. The third kappa shape index (κ3) is 3.35. The average Bonchev–Trinajstić information content (AvgIpc) is 2.80. The Balaban J connectivity index is 2.20. The highest BCUT2D eigenvalue weighted by Gasteiger charge is 2.31. The van der Waals surface area contributed by atoms with Gasteiger partial charge in [0.25, 0.3) is 0 Å². The molecule has 114 valence electrons. The average molecular weight is 291 g/mol. The summed E-state index contributed by atoms with van der Waals surface area (Å²) in [6.07, 6.45) is 0.568. The van der Waals surface area contributed by atoms with Crippen molar-refractivity contribution >= 4 is 11.9 Å². The van der Waals surface area contributed by atoms with Crippen LogP contribution in [0, 0.1) is 11.8 Å². The van der Waals surface area contributed by atoms with Gasteiger partial charge in [-0.15, -0.1) is 0 Å². The molecule has 0 spiro atoms. The van der Waals surface area contributed by atoms with Crippen LogP contribution in [0.4, 0.5) is 0 Å². The fourth-order valence-electron chi connectivity index (χ4n) is 2.64. The SMILES string of the molecule is COc1ccc(C(=O)O)cc1CN1CC(C(C)C)CC1=O. The smallest absolute Gasteiger partial charge is 0.335 e. The highest BCUT2D eigenvalue weighted by Crippen LogP contribution is 2.28. The highest BCUT2D eigenvalue weighted by atomic mass is 16.5. The molecule has 1 heterocycles. The first-order valence-electron chi connectivity index (χ1n) is 7.10. The van der Waals surface area contributed by atoms with Gasteiger partial charge in [0.05, 0.1) is 12.7 Å². The van der Waals surface area contributed by atoms with Crippen LogP contribution in [-0.4, -0.2) is 35.5 Å². The van der Waals surface area contributed by atoms with Crippen LogP contribution in [0.1, 0.15) is 36.2 Å². The van der Waals surface area contributed by atoms with Crippen molar-refractivity contribution in [3.63, 3.8) is 0 Å². The summed E-state index contributed by atoms with van der Waals surface area (Å²) < 4.78 is 5.27. The van der Waals surface area contributed by atoms with E-state index in [1.54, 1.807) is 24.1 Å². The van der Waals surface area contributed by atoms with Gasteiger partial charge in [-0.3, -0.25) is 4.79 Å². The zero-order valence-corrected chi connectivity index (χ0v) is 12.6. The zero-order chi connectivity index (χ0) is 15.6. The number of carbonyl (C=O) groups excluding carboxylic acids is 1. The number of hydrogen-bond donors (Lipinski definition) is 1. The second-order valence-electron chi connectivity index (χ2n) is 5.81. The lowest BCUT2D eigenvalue weighted by Crippen LogP contribution is -2.25. The molecule has 0 aliphatic carbocycles. The van der Waals surface area contributed by atoms with E-state index >= 15 is 0 Å². The summed E-state index contributed by atoms with van der Waals surface area (Å²) in [7, 11) is 1.54. The Morgan fingerprint density at radius 1 is 1.48 bits per heavy atom. The number of methoxy groups -OCH3 is 1. The first kappa shape index (κ1) is 15.4. The lowest BCUT2D eigenvalue weighted by atomic mass is 9.95. The number of ether oxygens (including phenoxy) is 1. The molecule has 1 N–H and O–H groups in total. The summed E-state index contributed by atoms with van der Waals surface area (Å²) in [4.78, 5) is 24.9. The van der Waals surface area contributed by atoms with Crippen molar-refractivity contribution in [2.75, 3.05) is 13.7 Å². The van der Waals surface area contributed by atoms with E-state index in [1.807, 2.05) is 0 Å². The third-order valence-electron chi connectivity index (χ3n) is 4.08. The lowest BCUT2D eigenvalue weighted by molar-refractivity contribution is -0.128. The number of nitrogens with zero attached hydrogens (tertiary/aromatic N) is 1. The summed E-state index contributed by atoms with van der Waals surface area (Å²) in [5.41, 5.74) is 0.938. The fourth-order valence-corrected chi connectivity index (χ4v) is 2.64. The molecule has 1 aromatic rings. The predicted molar refractivity (Wildman–Crippen MR) is 78.3 cm³/mol. The number of rotatable bonds is 5. The van der Waals surface area contributed by atoms with Crippen LogP contribution in [0.3, 0.4) is 0 Å². The topological polar surface area (TPSA) is 66.8 Å². The molecule has 2 rings (SSSR count). The summed E-state index contributed by atoms with van der Waals surface area (Å²) in [6.45, 7) is 5.35. The molecule has 0 aromatic heterocycles. The zero-order valence-electron chi connectivity index (χ0n) is 12.6. The van der Waals surface area contributed by atoms with Crippen LogP contribution in [0.5, 0.6) is 5.75 Å². The maximum Gasteiger partial charge on any atom is 0.335 e. The van der Waals surface area contributed by atoms with Gasteiger partial charge in [-0.25, -0.2) is 4.79 Å². The van der Waals surface area contributed by atoms with Crippen molar-refractivity contribution in [3.8, 4) is 5.75 Å². The molecule has 0 saturated carbocycles. The van der Waals surface area contributed by atoms with Crippen molar-refractivity contribution in [1.29, 1.82) is 0 Å². The van der Waals surface area contributed by atoms with Crippen molar-refractivity contribution in [1.82, 2.24) is 4.90 Å². The lowest BCUT2D eigenvalue weighted by Gasteiger charge is -2.20. The molecule has 0 radical (unpaired) electrons. The predicted octanol–water partition coefficient (Wildman–Crippen LogP) is 2.40. The number of carboxylic acids is 1. The van der Waals surface area contributed by atoms with Gasteiger partial charge in [-0.05, 0) is 30.0 Å². The van der Waals surface area contributed by atoms with Gasteiger partial charge in [-0.1, -0.05) is 13.8 Å². The van der Waals surface area contributed by atoms with Crippen LogP contribution in [0.15, 0.2) is 18.2 Å². The van der Waals surface area contributed by atoms with E-state index < -0.39 is 5.97 Å². The van der Waals surface area contributed by atoms with Gasteiger partial charge >= 0.3 is 5.97 Å². The second-order valence-corrected chi connectivity index (χ2v) is 5.81. The van der Waals surface area contributed by atoms with E-state index in [4.69, 9.17) is 9.84 Å². The minimum absolute atomic E-state index is 0.122. The van der Waals surface area contributed by atoms with E-state index in [9.17, 15) is 9.59 Å². The molecule has 1 aromatic carbocycles. The quantitative estimate of drug-likeness (QED) is 0.904. The van der Waals surface area contributed by atoms with Gasteiger partial charge in [0, 0.05) is 25.1 Å². The van der Waals surface area contributed by atoms with Crippen LogP contribution >= 0.6 is 0 Å². The Kier molecular flexibility index (Phi) is 4.50. The largest absolute Gasteiger partial charge is 0.496 e. The normalized spacial score (nSPS) is 18.4. The molecular formula is C16H21NO4. The van der Waals surface area contributed by atoms with Gasteiger partial charge in [0.1, 0.15) is 5.75 Å². The molecule has 21 heavy (non-hydrogen) atoms. The molecule has 1 aliphatic heterocycles. The summed E-state index contributed by atoms with van der Waals surface area (Å²) in [5, 5.41) is 9.08. The minimum atomic E-state index is -0.980. The van der Waals surface area contributed by atoms with Crippen LogP contribution in [0.25, 0.3) is 0 Å². The Morgan fingerprint density at radius 2 is 2.19 bits per heavy atom. The molecule has 1 saturated heterocycles. The monoisotopic (exact) mass is 291 g/mol. The van der Waals surface area contributed by atoms with Crippen molar-refractivity contribution < 1.29 is 19.4 Å². The number of carboxylic acid groups (broad SMARTS) is 1. The van der Waals surface area contributed by atoms with Crippen molar-refractivity contribution in [2.24, 2.45) is 11.8 Å². The highest BCUT2D eigenvalue weighted by molar-refractivity contribution is 5.88. The summed E-state index contributed by atoms with van der Waals surface area (Å²) in [6, 6.07) is 4.73. The van der Waals surface area contributed by atoms with E-state index in [1.165, 1.54) is 6.07 Å². The number of likely N-dealkylation sites (tertiary alicyclic amines) is 1. The molecule has 5 heteroatoms. The number of carbonyl (C=O) groups is 2. The van der Waals surface area contributed by atoms with E-state index in [0.29, 0.717) is 30.6 Å². The molecule has 1 atom stereocenters. The van der Waals surface area contributed by atoms with Gasteiger partial charge in [0.2, 0.25) is 5.91 Å². The third-order valence-corrected chi connectivity index (χ3v) is 4.08. The Hall–Kier alpha value is -2.04.